The van der Waals surface area contributed by atoms with Gasteiger partial charge in [0.15, 0.2) is 0 Å². The Morgan fingerprint density at radius 1 is 1.06 bits per heavy atom. The quantitative estimate of drug-likeness (QED) is 0.446. The molecule has 0 bridgehead atoms. The van der Waals surface area contributed by atoms with Crippen molar-refractivity contribution >= 4 is 34.7 Å². The highest BCUT2D eigenvalue weighted by atomic mass is 32.2. The molecule has 8 nitrogen and oxygen atoms in total. The Kier molecular flexibility index (Phi) is 8.08. The van der Waals surface area contributed by atoms with Gasteiger partial charge in [-0.15, -0.1) is 10.2 Å². The molecule has 34 heavy (non-hydrogen) atoms. The van der Waals surface area contributed by atoms with Crippen LogP contribution in [0.5, 0.6) is 0 Å². The number of amides is 1. The van der Waals surface area contributed by atoms with Gasteiger partial charge in [-0.3, -0.25) is 4.79 Å². The Morgan fingerprint density at radius 2 is 1.74 bits per heavy atom. The van der Waals surface area contributed by atoms with Crippen LogP contribution in [0.4, 0.5) is 17.1 Å². The van der Waals surface area contributed by atoms with E-state index in [2.05, 4.69) is 51.3 Å². The summed E-state index contributed by atoms with van der Waals surface area (Å²) in [4.78, 5) is 17.2. The van der Waals surface area contributed by atoms with Crippen molar-refractivity contribution in [3.63, 3.8) is 0 Å². The summed E-state index contributed by atoms with van der Waals surface area (Å²) in [5.74, 6) is 0.326. The number of aromatic nitrogens is 2. The fourth-order valence-electron chi connectivity index (χ4n) is 3.80. The molecule has 1 N–H and O–H groups in total. The molecule has 0 unspecified atom stereocenters. The van der Waals surface area contributed by atoms with Crippen LogP contribution in [0.3, 0.4) is 0 Å². The van der Waals surface area contributed by atoms with Crippen molar-refractivity contribution in [2.24, 2.45) is 0 Å². The number of morpholine rings is 1. The average molecular weight is 482 g/mol. The van der Waals surface area contributed by atoms with E-state index in [1.165, 1.54) is 11.8 Å². The number of nitrogens with one attached hydrogen (secondary N) is 1. The highest BCUT2D eigenvalue weighted by molar-refractivity contribution is 8.00. The first kappa shape index (κ1) is 24.1. The van der Waals surface area contributed by atoms with Crippen molar-refractivity contribution in [3.05, 3.63) is 48.5 Å². The molecule has 180 valence electrons. The van der Waals surface area contributed by atoms with Gasteiger partial charge in [-0.1, -0.05) is 11.8 Å². The van der Waals surface area contributed by atoms with Gasteiger partial charge < -0.3 is 24.3 Å². The molecule has 1 aliphatic rings. The molecular formula is C25H31N5O3S. The minimum absolute atomic E-state index is 0.118. The second-order valence-electron chi connectivity index (χ2n) is 7.99. The number of thioether (sulfide) groups is 1. The number of carbonyl (C=O) groups is 1. The topological polar surface area (TPSA) is 83.7 Å². The zero-order valence-electron chi connectivity index (χ0n) is 19.9. The van der Waals surface area contributed by atoms with Gasteiger partial charge in [0.05, 0.1) is 18.5 Å². The van der Waals surface area contributed by atoms with Crippen molar-refractivity contribution < 1.29 is 13.9 Å². The summed E-state index contributed by atoms with van der Waals surface area (Å²) in [6.07, 6.45) is 0. The van der Waals surface area contributed by atoms with Gasteiger partial charge in [0.1, 0.15) is 0 Å². The molecule has 0 radical (unpaired) electrons. The first-order valence-electron chi connectivity index (χ1n) is 11.7. The van der Waals surface area contributed by atoms with Crippen LogP contribution in [0.25, 0.3) is 11.5 Å². The van der Waals surface area contributed by atoms with Crippen LogP contribution in [0, 0.1) is 0 Å². The number of nitrogens with zero attached hydrogens (tertiary/aromatic N) is 4. The van der Waals surface area contributed by atoms with Crippen molar-refractivity contribution in [3.8, 4) is 11.5 Å². The molecule has 1 fully saturated rings. The van der Waals surface area contributed by atoms with Gasteiger partial charge in [0, 0.05) is 48.8 Å². The number of hydrogen-bond acceptors (Lipinski definition) is 8. The highest BCUT2D eigenvalue weighted by Gasteiger charge is 2.19. The summed E-state index contributed by atoms with van der Waals surface area (Å²) >= 11 is 1.24. The van der Waals surface area contributed by atoms with E-state index in [-0.39, 0.29) is 5.91 Å². The van der Waals surface area contributed by atoms with E-state index in [0.29, 0.717) is 11.1 Å². The summed E-state index contributed by atoms with van der Waals surface area (Å²) < 4.78 is 11.2. The van der Waals surface area contributed by atoms with Crippen LogP contribution < -0.4 is 15.1 Å². The molecule has 1 aliphatic heterocycles. The summed E-state index contributed by atoms with van der Waals surface area (Å²) in [5.41, 5.74) is 3.90. The van der Waals surface area contributed by atoms with Gasteiger partial charge in [-0.2, -0.15) is 0 Å². The Balaban J connectivity index is 1.32. The van der Waals surface area contributed by atoms with Crippen molar-refractivity contribution in [1.29, 1.82) is 0 Å². The Labute approximate surface area is 204 Å². The van der Waals surface area contributed by atoms with Gasteiger partial charge in [-0.05, 0) is 69.3 Å². The van der Waals surface area contributed by atoms with Gasteiger partial charge in [-0.25, -0.2) is 0 Å². The van der Waals surface area contributed by atoms with E-state index in [1.807, 2.05) is 43.3 Å². The molecule has 2 heterocycles. The second kappa shape index (κ2) is 11.4. The number of anilines is 3. The van der Waals surface area contributed by atoms with Crippen LogP contribution >= 0.6 is 11.8 Å². The van der Waals surface area contributed by atoms with Gasteiger partial charge in [0.2, 0.25) is 11.8 Å². The van der Waals surface area contributed by atoms with Crippen LogP contribution in [0.2, 0.25) is 0 Å². The monoisotopic (exact) mass is 481 g/mol. The van der Waals surface area contributed by atoms with Crippen LogP contribution in [0.1, 0.15) is 20.8 Å². The van der Waals surface area contributed by atoms with Gasteiger partial charge >= 0.3 is 0 Å². The van der Waals surface area contributed by atoms with Crippen molar-refractivity contribution in [1.82, 2.24) is 10.2 Å². The molecule has 1 amide bonds. The van der Waals surface area contributed by atoms with Crippen LogP contribution in [-0.2, 0) is 9.53 Å². The standard InChI is InChI=1S/C25H31N5O3S/c1-4-29(5-2)21-10-6-19(7-11-21)24-27-28-25(33-24)34-18(3)23(31)26-20-8-12-22(13-9-20)30-14-16-32-17-15-30/h6-13,18H,4-5,14-17H2,1-3H3,(H,26,31)/t18-/m0/s1. The average Bonchev–Trinajstić information content (AvgIpc) is 3.34. The second-order valence-corrected chi connectivity index (χ2v) is 9.28. The molecule has 2 aromatic carbocycles. The first-order chi connectivity index (χ1) is 16.6. The largest absolute Gasteiger partial charge is 0.411 e. The Hall–Kier alpha value is -3.04. The summed E-state index contributed by atoms with van der Waals surface area (Å²) in [6, 6.07) is 16.0. The lowest BCUT2D eigenvalue weighted by Gasteiger charge is -2.28. The van der Waals surface area contributed by atoms with E-state index < -0.39 is 5.25 Å². The lowest BCUT2D eigenvalue weighted by atomic mass is 10.2. The predicted molar refractivity (Wildman–Crippen MR) is 137 cm³/mol. The van der Waals surface area contributed by atoms with Crippen molar-refractivity contribution in [2.45, 2.75) is 31.2 Å². The molecule has 9 heteroatoms. The van der Waals surface area contributed by atoms with Gasteiger partial charge in [0.25, 0.3) is 5.22 Å². The van der Waals surface area contributed by atoms with Crippen LogP contribution in [0.15, 0.2) is 58.2 Å². The molecule has 4 rings (SSSR count). The summed E-state index contributed by atoms with van der Waals surface area (Å²) in [7, 11) is 0. The maximum absolute atomic E-state index is 12.7. The Bertz CT molecular complexity index is 1060. The molecule has 1 aromatic heterocycles. The SMILES string of the molecule is CCN(CC)c1ccc(-c2nnc(S[C@@H](C)C(=O)Nc3ccc(N4CCOCC4)cc3)o2)cc1. The smallest absolute Gasteiger partial charge is 0.277 e. The maximum Gasteiger partial charge on any atom is 0.277 e. The minimum Gasteiger partial charge on any atom is -0.411 e. The van der Waals surface area contributed by atoms with E-state index in [0.717, 1.165) is 62.0 Å². The number of ether oxygens (including phenoxy) is 1. The number of benzene rings is 2. The zero-order chi connectivity index (χ0) is 23.9. The molecule has 1 atom stereocenters. The predicted octanol–water partition coefficient (Wildman–Crippen LogP) is 4.54. The summed E-state index contributed by atoms with van der Waals surface area (Å²) in [5, 5.41) is 11.2. The van der Waals surface area contributed by atoms with E-state index in [9.17, 15) is 4.79 Å². The highest BCUT2D eigenvalue weighted by Crippen LogP contribution is 2.28. The lowest BCUT2D eigenvalue weighted by molar-refractivity contribution is -0.115. The summed E-state index contributed by atoms with van der Waals surface area (Å²) in [6.45, 7) is 11.2. The molecule has 3 aromatic rings. The molecular weight excluding hydrogens is 450 g/mol. The third-order valence-corrected chi connectivity index (χ3v) is 6.74. The van der Waals surface area contributed by atoms with E-state index in [4.69, 9.17) is 9.15 Å². The number of hydrogen-bond donors (Lipinski definition) is 1. The van der Waals surface area contributed by atoms with Crippen LogP contribution in [-0.4, -0.2) is 60.7 Å². The third kappa shape index (κ3) is 5.90. The Morgan fingerprint density at radius 3 is 2.38 bits per heavy atom. The molecule has 0 spiro atoms. The van der Waals surface area contributed by atoms with E-state index in [1.54, 1.807) is 0 Å². The first-order valence-corrected chi connectivity index (χ1v) is 12.5. The number of carbonyl (C=O) groups excluding carboxylic acids is 1. The third-order valence-electron chi connectivity index (χ3n) is 5.81. The minimum atomic E-state index is -0.391. The normalized spacial score (nSPS) is 14.6. The fraction of sp³-hybridized carbons (Fsp3) is 0.400. The van der Waals surface area contributed by atoms with E-state index >= 15 is 0 Å². The fourth-order valence-corrected chi connectivity index (χ4v) is 4.49. The molecule has 1 saturated heterocycles. The number of rotatable bonds is 9. The maximum atomic E-state index is 12.7. The molecule has 0 aliphatic carbocycles. The van der Waals surface area contributed by atoms with Crippen molar-refractivity contribution in [2.75, 3.05) is 54.5 Å². The lowest BCUT2D eigenvalue weighted by Crippen LogP contribution is -2.36. The molecule has 0 saturated carbocycles. The zero-order valence-corrected chi connectivity index (χ0v) is 20.7.